The summed E-state index contributed by atoms with van der Waals surface area (Å²) in [6, 6.07) is 6.24. The first-order valence-corrected chi connectivity index (χ1v) is 8.96. The fraction of sp³-hybridized carbons (Fsp3) is 0.500. The predicted molar refractivity (Wildman–Crippen MR) is 87.3 cm³/mol. The number of halogens is 4. The molecular weight excluding hydrogens is 480 g/mol. The maximum Gasteiger partial charge on any atom is 0.0823 e. The van der Waals surface area contributed by atoms with E-state index in [0.29, 0.717) is 11.4 Å². The summed E-state index contributed by atoms with van der Waals surface area (Å²) < 4.78 is 8.06. The van der Waals surface area contributed by atoms with Gasteiger partial charge >= 0.3 is 0 Å². The van der Waals surface area contributed by atoms with Crippen LogP contribution in [0.1, 0.15) is 25.0 Å². The van der Waals surface area contributed by atoms with E-state index in [2.05, 4.69) is 82.8 Å². The van der Waals surface area contributed by atoms with Crippen LogP contribution in [0.4, 0.5) is 0 Å². The summed E-state index contributed by atoms with van der Waals surface area (Å²) in [4.78, 5) is 0.354. The summed E-state index contributed by atoms with van der Waals surface area (Å²) in [6.07, 6.45) is 1.10. The molecule has 0 saturated carbocycles. The van der Waals surface area contributed by atoms with Crippen molar-refractivity contribution in [2.45, 2.75) is 24.3 Å². The number of hydrogen-bond donors (Lipinski definition) is 0. The topological polar surface area (TPSA) is 9.23 Å². The Hall–Kier alpha value is 1.10. The second-order valence-corrected chi connectivity index (χ2v) is 7.46. The summed E-state index contributed by atoms with van der Waals surface area (Å²) in [5.41, 5.74) is 1.20. The fourth-order valence-electron chi connectivity index (χ4n) is 1.48. The van der Waals surface area contributed by atoms with Gasteiger partial charge in [-0.15, -0.1) is 0 Å². The Labute approximate surface area is 136 Å². The molecule has 0 aliphatic heterocycles. The highest BCUT2D eigenvalue weighted by molar-refractivity contribution is 9.12. The molecule has 96 valence electrons. The van der Waals surface area contributed by atoms with Gasteiger partial charge in [-0.2, -0.15) is 0 Å². The monoisotopic (exact) mass is 490 g/mol. The van der Waals surface area contributed by atoms with E-state index in [9.17, 15) is 0 Å². The molecule has 2 atom stereocenters. The fourth-order valence-corrected chi connectivity index (χ4v) is 3.14. The first kappa shape index (κ1) is 16.2. The van der Waals surface area contributed by atoms with Crippen molar-refractivity contribution in [1.82, 2.24) is 0 Å². The lowest BCUT2D eigenvalue weighted by molar-refractivity contribution is 0.0539. The first-order valence-electron chi connectivity index (χ1n) is 5.34. The maximum absolute atomic E-state index is 5.92. The molecule has 0 saturated heterocycles. The van der Waals surface area contributed by atoms with Crippen LogP contribution in [0.25, 0.3) is 0 Å². The van der Waals surface area contributed by atoms with Crippen molar-refractivity contribution >= 4 is 63.7 Å². The highest BCUT2D eigenvalue weighted by Gasteiger charge is 2.13. The molecule has 1 rings (SSSR count). The van der Waals surface area contributed by atoms with Crippen LogP contribution in [-0.2, 0) is 4.74 Å². The molecule has 1 aromatic carbocycles. The van der Waals surface area contributed by atoms with E-state index in [1.54, 1.807) is 0 Å². The van der Waals surface area contributed by atoms with Crippen LogP contribution < -0.4 is 0 Å². The van der Waals surface area contributed by atoms with Gasteiger partial charge in [-0.3, -0.25) is 0 Å². The van der Waals surface area contributed by atoms with Crippen LogP contribution in [-0.4, -0.2) is 16.8 Å². The van der Waals surface area contributed by atoms with Crippen LogP contribution in [0, 0.1) is 0 Å². The molecule has 1 nitrogen and oxygen atoms in total. The molecule has 17 heavy (non-hydrogen) atoms. The number of alkyl halides is 2. The standard InChI is InChI=1S/C12H14Br4O/c1-2-12(17-7-11(16)6-13)8-3-9(14)5-10(15)4-8/h3-5,11-12H,2,6-7H2,1H3. The molecule has 0 N–H and O–H groups in total. The van der Waals surface area contributed by atoms with Crippen molar-refractivity contribution in [1.29, 1.82) is 0 Å². The van der Waals surface area contributed by atoms with E-state index in [1.165, 1.54) is 5.56 Å². The largest absolute Gasteiger partial charge is 0.372 e. The minimum atomic E-state index is 0.142. The Kier molecular flexibility index (Phi) is 7.89. The molecule has 0 spiro atoms. The smallest absolute Gasteiger partial charge is 0.0823 e. The van der Waals surface area contributed by atoms with Gasteiger partial charge in [0, 0.05) is 19.1 Å². The number of benzene rings is 1. The van der Waals surface area contributed by atoms with Gasteiger partial charge in [-0.25, -0.2) is 0 Å². The van der Waals surface area contributed by atoms with E-state index in [0.717, 1.165) is 20.7 Å². The van der Waals surface area contributed by atoms with Gasteiger partial charge < -0.3 is 4.74 Å². The van der Waals surface area contributed by atoms with Crippen LogP contribution >= 0.6 is 63.7 Å². The third-order valence-electron chi connectivity index (χ3n) is 2.27. The molecule has 0 radical (unpaired) electrons. The number of rotatable bonds is 6. The van der Waals surface area contributed by atoms with Crippen LogP contribution in [0.15, 0.2) is 27.1 Å². The molecule has 2 unspecified atom stereocenters. The number of ether oxygens (including phenoxy) is 1. The molecule has 0 aromatic heterocycles. The summed E-state index contributed by atoms with van der Waals surface area (Å²) >= 11 is 14.0. The zero-order chi connectivity index (χ0) is 12.8. The average molecular weight is 494 g/mol. The Balaban J connectivity index is 2.72. The van der Waals surface area contributed by atoms with Crippen molar-refractivity contribution < 1.29 is 4.74 Å². The average Bonchev–Trinajstić information content (AvgIpc) is 2.28. The molecule has 0 heterocycles. The second kappa shape index (κ2) is 8.31. The van der Waals surface area contributed by atoms with E-state index in [4.69, 9.17) is 4.74 Å². The van der Waals surface area contributed by atoms with Gasteiger partial charge in [-0.05, 0) is 30.2 Å². The molecule has 1 aromatic rings. The SMILES string of the molecule is CCC(OCC(Br)CBr)c1cc(Br)cc(Br)c1. The van der Waals surface area contributed by atoms with Gasteiger partial charge in [0.25, 0.3) is 0 Å². The molecule has 0 aliphatic carbocycles. The lowest BCUT2D eigenvalue weighted by Crippen LogP contribution is -2.13. The molecule has 0 amide bonds. The lowest BCUT2D eigenvalue weighted by Gasteiger charge is -2.18. The van der Waals surface area contributed by atoms with Gasteiger partial charge in [0.15, 0.2) is 0 Å². The predicted octanol–water partition coefficient (Wildman–Crippen LogP) is 5.84. The van der Waals surface area contributed by atoms with Gasteiger partial charge in [0.05, 0.1) is 12.7 Å². The quantitative estimate of drug-likeness (QED) is 0.453. The Bertz CT molecular complexity index is 336. The Morgan fingerprint density at radius 2 is 1.76 bits per heavy atom. The van der Waals surface area contributed by atoms with Crippen molar-refractivity contribution in [3.63, 3.8) is 0 Å². The Morgan fingerprint density at radius 3 is 2.24 bits per heavy atom. The van der Waals surface area contributed by atoms with Gasteiger partial charge in [0.2, 0.25) is 0 Å². The lowest BCUT2D eigenvalue weighted by atomic mass is 10.1. The van der Waals surface area contributed by atoms with E-state index in [-0.39, 0.29) is 6.10 Å². The number of hydrogen-bond acceptors (Lipinski definition) is 1. The summed E-state index contributed by atoms with van der Waals surface area (Å²) in [6.45, 7) is 2.84. The molecule has 0 bridgehead atoms. The highest BCUT2D eigenvalue weighted by atomic mass is 79.9. The van der Waals surface area contributed by atoms with E-state index < -0.39 is 0 Å². The van der Waals surface area contributed by atoms with Crippen molar-refractivity contribution in [2.75, 3.05) is 11.9 Å². The van der Waals surface area contributed by atoms with E-state index >= 15 is 0 Å². The molecule has 0 aliphatic rings. The van der Waals surface area contributed by atoms with Crippen molar-refractivity contribution in [3.05, 3.63) is 32.7 Å². The van der Waals surface area contributed by atoms with Crippen LogP contribution in [0.3, 0.4) is 0 Å². The summed E-state index contributed by atoms with van der Waals surface area (Å²) in [5.74, 6) is 0. The minimum absolute atomic E-state index is 0.142. The van der Waals surface area contributed by atoms with E-state index in [1.807, 2.05) is 6.07 Å². The molecular formula is C12H14Br4O. The third-order valence-corrected chi connectivity index (χ3v) is 5.43. The van der Waals surface area contributed by atoms with Crippen molar-refractivity contribution in [2.24, 2.45) is 0 Å². The zero-order valence-electron chi connectivity index (χ0n) is 9.43. The van der Waals surface area contributed by atoms with Crippen LogP contribution in [0.5, 0.6) is 0 Å². The molecule has 5 heteroatoms. The zero-order valence-corrected chi connectivity index (χ0v) is 15.8. The van der Waals surface area contributed by atoms with Crippen molar-refractivity contribution in [3.8, 4) is 0 Å². The summed E-state index contributed by atoms with van der Waals surface area (Å²) in [5, 5.41) is 0.894. The Morgan fingerprint density at radius 1 is 1.18 bits per heavy atom. The molecule has 0 fully saturated rings. The maximum atomic E-state index is 5.92. The minimum Gasteiger partial charge on any atom is -0.372 e. The van der Waals surface area contributed by atoms with Crippen LogP contribution in [0.2, 0.25) is 0 Å². The summed E-state index contributed by atoms with van der Waals surface area (Å²) in [7, 11) is 0. The first-order chi connectivity index (χ1) is 8.06. The van der Waals surface area contributed by atoms with Gasteiger partial charge in [0.1, 0.15) is 0 Å². The second-order valence-electron chi connectivity index (χ2n) is 3.68. The highest BCUT2D eigenvalue weighted by Crippen LogP contribution is 2.28. The normalized spacial score (nSPS) is 14.6. The third kappa shape index (κ3) is 5.72. The van der Waals surface area contributed by atoms with Gasteiger partial charge in [-0.1, -0.05) is 70.6 Å².